The van der Waals surface area contributed by atoms with Gasteiger partial charge in [-0.3, -0.25) is 0 Å². The molecule has 0 aliphatic carbocycles. The maximum atomic E-state index is 8.80. The van der Waals surface area contributed by atoms with Crippen LogP contribution in [0, 0.1) is 0 Å². The average molecular weight is 217 g/mol. The lowest BCUT2D eigenvalue weighted by Gasteiger charge is -2.13. The van der Waals surface area contributed by atoms with Gasteiger partial charge in [-0.05, 0) is 6.07 Å². The summed E-state index contributed by atoms with van der Waals surface area (Å²) < 4.78 is 0. The molecule has 14 heavy (non-hydrogen) atoms. The molecule has 0 fully saturated rings. The van der Waals surface area contributed by atoms with Gasteiger partial charge < -0.3 is 15.5 Å². The van der Waals surface area contributed by atoms with E-state index in [1.165, 1.54) is 0 Å². The summed E-state index contributed by atoms with van der Waals surface area (Å²) in [5.41, 5.74) is 0.848. The van der Waals surface area contributed by atoms with Gasteiger partial charge in [-0.15, -0.1) is 0 Å². The van der Waals surface area contributed by atoms with E-state index < -0.39 is 0 Å². The van der Waals surface area contributed by atoms with E-state index in [1.54, 1.807) is 12.3 Å². The molecule has 3 N–H and O–H groups in total. The second-order valence-corrected chi connectivity index (χ2v) is 3.25. The number of nitrogens with zero attached hydrogens (tertiary/aromatic N) is 1. The van der Waals surface area contributed by atoms with E-state index in [4.69, 9.17) is 21.8 Å². The maximum absolute atomic E-state index is 8.80. The Kier molecular flexibility index (Phi) is 4.82. The predicted molar refractivity (Wildman–Crippen MR) is 54.0 cm³/mol. The molecular formula is C9H13ClN2O2. The number of pyridine rings is 1. The van der Waals surface area contributed by atoms with Crippen molar-refractivity contribution in [3.8, 4) is 0 Å². The average Bonchev–Trinajstić information content (AvgIpc) is 2.22. The zero-order chi connectivity index (χ0) is 10.4. The molecule has 0 aliphatic rings. The molecule has 0 bridgehead atoms. The molecular weight excluding hydrogens is 204 g/mol. The van der Waals surface area contributed by atoms with Crippen LogP contribution < -0.4 is 5.32 Å². The van der Waals surface area contributed by atoms with Crippen LogP contribution in [0.3, 0.4) is 0 Å². The number of aliphatic hydroxyl groups is 2. The predicted octanol–water partition coefficient (Wildman–Crippen LogP) is 0.178. The van der Waals surface area contributed by atoms with Gasteiger partial charge >= 0.3 is 0 Å². The number of hydrogen-bond donors (Lipinski definition) is 3. The second-order valence-electron chi connectivity index (χ2n) is 2.90. The largest absolute Gasteiger partial charge is 0.395 e. The number of halogens is 1. The zero-order valence-electron chi connectivity index (χ0n) is 7.65. The van der Waals surface area contributed by atoms with E-state index in [2.05, 4.69) is 10.3 Å². The molecule has 0 unspecified atom stereocenters. The van der Waals surface area contributed by atoms with Crippen molar-refractivity contribution in [2.24, 2.45) is 0 Å². The van der Waals surface area contributed by atoms with Gasteiger partial charge in [-0.1, -0.05) is 17.7 Å². The Balaban J connectivity index is 2.49. The lowest BCUT2D eigenvalue weighted by atomic mass is 10.2. The van der Waals surface area contributed by atoms with E-state index >= 15 is 0 Å². The molecule has 0 aliphatic heterocycles. The summed E-state index contributed by atoms with van der Waals surface area (Å²) in [7, 11) is 0. The molecule has 78 valence electrons. The van der Waals surface area contributed by atoms with Crippen molar-refractivity contribution in [2.45, 2.75) is 12.6 Å². The smallest absolute Gasteiger partial charge is 0.133 e. The summed E-state index contributed by atoms with van der Waals surface area (Å²) in [6.45, 7) is 0.279. The van der Waals surface area contributed by atoms with Gasteiger partial charge in [0.15, 0.2) is 0 Å². The minimum atomic E-state index is -0.314. The van der Waals surface area contributed by atoms with Crippen LogP contribution in [0.1, 0.15) is 5.56 Å². The van der Waals surface area contributed by atoms with Crippen molar-refractivity contribution >= 4 is 11.6 Å². The van der Waals surface area contributed by atoms with Crippen molar-refractivity contribution in [3.05, 3.63) is 29.0 Å². The van der Waals surface area contributed by atoms with E-state index in [-0.39, 0.29) is 19.3 Å². The standard InChI is InChI=1S/C9H13ClN2O2/c10-9-7(2-1-3-11-9)4-12-8(5-13)6-14/h1-3,8,12-14H,4-6H2. The van der Waals surface area contributed by atoms with Gasteiger partial charge in [0.25, 0.3) is 0 Å². The van der Waals surface area contributed by atoms with E-state index in [1.807, 2.05) is 6.07 Å². The Morgan fingerprint density at radius 3 is 2.71 bits per heavy atom. The van der Waals surface area contributed by atoms with Crippen LogP contribution in [0.25, 0.3) is 0 Å². The normalized spacial score (nSPS) is 10.9. The van der Waals surface area contributed by atoms with E-state index in [9.17, 15) is 0 Å². The number of nitrogens with one attached hydrogen (secondary N) is 1. The maximum Gasteiger partial charge on any atom is 0.133 e. The monoisotopic (exact) mass is 216 g/mol. The van der Waals surface area contributed by atoms with Crippen LogP contribution in [0.4, 0.5) is 0 Å². The third-order valence-corrected chi connectivity index (χ3v) is 2.20. The zero-order valence-corrected chi connectivity index (χ0v) is 8.41. The molecule has 0 atom stereocenters. The van der Waals surface area contributed by atoms with Crippen LogP contribution in [0.15, 0.2) is 18.3 Å². The molecule has 1 aromatic heterocycles. The third kappa shape index (κ3) is 3.23. The first kappa shape index (κ1) is 11.4. The molecule has 1 rings (SSSR count). The quantitative estimate of drug-likeness (QED) is 0.615. The molecule has 0 saturated carbocycles. The van der Waals surface area contributed by atoms with Crippen molar-refractivity contribution in [1.29, 1.82) is 0 Å². The van der Waals surface area contributed by atoms with Gasteiger partial charge in [0.1, 0.15) is 5.15 Å². The second kappa shape index (κ2) is 5.93. The van der Waals surface area contributed by atoms with Gasteiger partial charge in [0.05, 0.1) is 19.3 Å². The van der Waals surface area contributed by atoms with Crippen molar-refractivity contribution in [3.63, 3.8) is 0 Å². The fourth-order valence-corrected chi connectivity index (χ4v) is 1.18. The SMILES string of the molecule is OCC(CO)NCc1cccnc1Cl. The first-order valence-corrected chi connectivity index (χ1v) is 4.70. The van der Waals surface area contributed by atoms with E-state index in [0.29, 0.717) is 11.7 Å². The summed E-state index contributed by atoms with van der Waals surface area (Å²) in [6, 6.07) is 3.32. The molecule has 0 saturated heterocycles. The van der Waals surface area contributed by atoms with Gasteiger partial charge in [-0.2, -0.15) is 0 Å². The van der Waals surface area contributed by atoms with E-state index in [0.717, 1.165) is 5.56 Å². The Morgan fingerprint density at radius 2 is 2.14 bits per heavy atom. The highest BCUT2D eigenvalue weighted by Crippen LogP contribution is 2.10. The first-order valence-electron chi connectivity index (χ1n) is 4.32. The molecule has 1 aromatic rings. The molecule has 1 heterocycles. The Hall–Kier alpha value is -0.680. The topological polar surface area (TPSA) is 65.4 Å². The fraction of sp³-hybridized carbons (Fsp3) is 0.444. The van der Waals surface area contributed by atoms with Crippen molar-refractivity contribution in [2.75, 3.05) is 13.2 Å². The van der Waals surface area contributed by atoms with Gasteiger partial charge in [0, 0.05) is 18.3 Å². The van der Waals surface area contributed by atoms with Crippen molar-refractivity contribution in [1.82, 2.24) is 10.3 Å². The minimum Gasteiger partial charge on any atom is -0.395 e. The summed E-state index contributed by atoms with van der Waals surface area (Å²) >= 11 is 5.82. The first-order chi connectivity index (χ1) is 6.77. The third-order valence-electron chi connectivity index (χ3n) is 1.86. The van der Waals surface area contributed by atoms with Gasteiger partial charge in [-0.25, -0.2) is 4.98 Å². The summed E-state index contributed by atoms with van der Waals surface area (Å²) in [6.07, 6.45) is 1.61. The van der Waals surface area contributed by atoms with Gasteiger partial charge in [0.2, 0.25) is 0 Å². The van der Waals surface area contributed by atoms with Crippen LogP contribution in [-0.4, -0.2) is 34.5 Å². The highest BCUT2D eigenvalue weighted by Gasteiger charge is 2.06. The van der Waals surface area contributed by atoms with Crippen LogP contribution in [-0.2, 0) is 6.54 Å². The number of aromatic nitrogens is 1. The highest BCUT2D eigenvalue weighted by molar-refractivity contribution is 6.30. The lowest BCUT2D eigenvalue weighted by molar-refractivity contribution is 0.170. The molecule has 0 spiro atoms. The molecule has 0 amide bonds. The summed E-state index contributed by atoms with van der Waals surface area (Å²) in [5.74, 6) is 0. The highest BCUT2D eigenvalue weighted by atomic mass is 35.5. The minimum absolute atomic E-state index is 0.103. The Bertz CT molecular complexity index is 279. The molecule has 0 radical (unpaired) electrons. The Labute approximate surface area is 87.6 Å². The van der Waals surface area contributed by atoms with Crippen LogP contribution in [0.5, 0.6) is 0 Å². The fourth-order valence-electron chi connectivity index (χ4n) is 0.992. The number of aliphatic hydroxyl groups excluding tert-OH is 2. The number of rotatable bonds is 5. The number of hydrogen-bond acceptors (Lipinski definition) is 4. The Morgan fingerprint density at radius 1 is 1.43 bits per heavy atom. The van der Waals surface area contributed by atoms with Crippen LogP contribution in [0.2, 0.25) is 5.15 Å². The molecule has 0 aromatic carbocycles. The molecule has 4 nitrogen and oxygen atoms in total. The summed E-state index contributed by atoms with van der Waals surface area (Å²) in [5, 5.41) is 21.0. The summed E-state index contributed by atoms with van der Waals surface area (Å²) in [4.78, 5) is 3.91. The molecule has 5 heteroatoms. The van der Waals surface area contributed by atoms with Crippen LogP contribution >= 0.6 is 11.6 Å². The van der Waals surface area contributed by atoms with Crippen molar-refractivity contribution < 1.29 is 10.2 Å². The lowest BCUT2D eigenvalue weighted by Crippen LogP contribution is -2.35.